The quantitative estimate of drug-likeness (QED) is 0.432. The van der Waals surface area contributed by atoms with E-state index in [1.165, 1.54) is 9.13 Å². The second-order valence-corrected chi connectivity index (χ2v) is 7.56. The molecule has 0 radical (unpaired) electrons. The standard InChI is InChI=1S/C19H28INO/c1-6-7-12-21(15(4)5)18(19(22)14(2)3)13-16-8-10-17(20)11-9-16/h6,8-11,14-15,18H,1,7,12-13H2,2-5H3/t18-/m0/s1. The summed E-state index contributed by atoms with van der Waals surface area (Å²) < 4.78 is 1.22. The molecule has 0 aliphatic carbocycles. The number of halogens is 1. The number of hydrogen-bond donors (Lipinski definition) is 0. The number of carbonyl (C=O) groups is 1. The lowest BCUT2D eigenvalue weighted by molar-refractivity contribution is -0.128. The second-order valence-electron chi connectivity index (χ2n) is 6.31. The Morgan fingerprint density at radius 3 is 2.27 bits per heavy atom. The first-order chi connectivity index (χ1) is 10.4. The maximum atomic E-state index is 12.8. The lowest BCUT2D eigenvalue weighted by Gasteiger charge is -2.35. The van der Waals surface area contributed by atoms with Crippen molar-refractivity contribution in [2.75, 3.05) is 6.54 Å². The lowest BCUT2D eigenvalue weighted by atomic mass is 9.93. The zero-order valence-electron chi connectivity index (χ0n) is 14.2. The Morgan fingerprint density at radius 1 is 1.23 bits per heavy atom. The third kappa shape index (κ3) is 5.84. The van der Waals surface area contributed by atoms with Crippen molar-refractivity contribution in [3.63, 3.8) is 0 Å². The van der Waals surface area contributed by atoms with Gasteiger partial charge in [0.2, 0.25) is 0 Å². The number of Topliss-reactive ketones (excluding diaryl/α,β-unsaturated/α-hetero) is 1. The first-order valence-electron chi connectivity index (χ1n) is 8.01. The van der Waals surface area contributed by atoms with Crippen molar-refractivity contribution >= 4 is 28.4 Å². The number of carbonyl (C=O) groups excluding carboxylic acids is 1. The van der Waals surface area contributed by atoms with Crippen LogP contribution in [0.1, 0.15) is 39.7 Å². The Kier molecular flexibility index (Phi) is 8.33. The molecular weight excluding hydrogens is 385 g/mol. The Labute approximate surface area is 149 Å². The normalized spacial score (nSPS) is 12.9. The van der Waals surface area contributed by atoms with Gasteiger partial charge in [0, 0.05) is 22.1 Å². The molecule has 0 bridgehead atoms. The van der Waals surface area contributed by atoms with E-state index in [-0.39, 0.29) is 12.0 Å². The van der Waals surface area contributed by atoms with E-state index < -0.39 is 0 Å². The molecule has 0 heterocycles. The van der Waals surface area contributed by atoms with Gasteiger partial charge in [-0.15, -0.1) is 6.58 Å². The van der Waals surface area contributed by atoms with E-state index in [0.29, 0.717) is 11.8 Å². The van der Waals surface area contributed by atoms with Crippen LogP contribution in [0.25, 0.3) is 0 Å². The van der Waals surface area contributed by atoms with E-state index in [2.05, 4.69) is 72.2 Å². The maximum absolute atomic E-state index is 12.8. The van der Waals surface area contributed by atoms with Gasteiger partial charge in [-0.05, 0) is 67.0 Å². The van der Waals surface area contributed by atoms with Crippen LogP contribution in [-0.2, 0) is 11.2 Å². The molecule has 0 aromatic heterocycles. The summed E-state index contributed by atoms with van der Waals surface area (Å²) in [4.78, 5) is 15.1. The van der Waals surface area contributed by atoms with Gasteiger partial charge in [0.25, 0.3) is 0 Å². The van der Waals surface area contributed by atoms with Crippen LogP contribution in [0.3, 0.4) is 0 Å². The van der Waals surface area contributed by atoms with E-state index >= 15 is 0 Å². The van der Waals surface area contributed by atoms with Crippen LogP contribution >= 0.6 is 22.6 Å². The summed E-state index contributed by atoms with van der Waals surface area (Å²) in [7, 11) is 0. The van der Waals surface area contributed by atoms with Gasteiger partial charge in [0.15, 0.2) is 5.78 Å². The molecule has 0 aliphatic heterocycles. The zero-order valence-corrected chi connectivity index (χ0v) is 16.3. The minimum absolute atomic E-state index is 0.0545. The predicted octanol–water partition coefficient (Wildman–Crippen LogP) is 4.71. The molecule has 0 saturated heterocycles. The summed E-state index contributed by atoms with van der Waals surface area (Å²) in [5.41, 5.74) is 1.23. The van der Waals surface area contributed by atoms with Crippen LogP contribution in [-0.4, -0.2) is 29.3 Å². The van der Waals surface area contributed by atoms with Crippen molar-refractivity contribution in [1.29, 1.82) is 0 Å². The molecule has 122 valence electrons. The summed E-state index contributed by atoms with van der Waals surface area (Å²) in [6.07, 6.45) is 3.62. The second kappa shape index (κ2) is 9.46. The number of benzene rings is 1. The highest BCUT2D eigenvalue weighted by Gasteiger charge is 2.29. The third-order valence-corrected chi connectivity index (χ3v) is 4.61. The van der Waals surface area contributed by atoms with Crippen LogP contribution in [0.2, 0.25) is 0 Å². The summed E-state index contributed by atoms with van der Waals surface area (Å²) in [5, 5.41) is 0. The molecule has 0 saturated carbocycles. The van der Waals surface area contributed by atoms with E-state index in [1.807, 2.05) is 19.9 Å². The Morgan fingerprint density at radius 2 is 1.82 bits per heavy atom. The van der Waals surface area contributed by atoms with Gasteiger partial charge in [-0.3, -0.25) is 9.69 Å². The fourth-order valence-corrected chi connectivity index (χ4v) is 2.98. The predicted molar refractivity (Wildman–Crippen MR) is 103 cm³/mol. The topological polar surface area (TPSA) is 20.3 Å². The monoisotopic (exact) mass is 413 g/mol. The Hall–Kier alpha value is -0.680. The summed E-state index contributed by atoms with van der Waals surface area (Å²) >= 11 is 2.31. The van der Waals surface area contributed by atoms with Gasteiger partial charge in [-0.1, -0.05) is 32.1 Å². The molecule has 0 spiro atoms. The summed E-state index contributed by atoms with van der Waals surface area (Å²) in [6, 6.07) is 8.77. The zero-order chi connectivity index (χ0) is 16.7. The number of rotatable bonds is 9. The molecule has 3 heteroatoms. The van der Waals surface area contributed by atoms with E-state index in [0.717, 1.165) is 19.4 Å². The average molecular weight is 413 g/mol. The molecule has 0 amide bonds. The first-order valence-corrected chi connectivity index (χ1v) is 9.09. The minimum Gasteiger partial charge on any atom is -0.298 e. The fraction of sp³-hybridized carbons (Fsp3) is 0.526. The first kappa shape index (κ1) is 19.4. The molecule has 1 aromatic carbocycles. The van der Waals surface area contributed by atoms with Crippen molar-refractivity contribution in [3.8, 4) is 0 Å². The van der Waals surface area contributed by atoms with Crippen molar-refractivity contribution in [1.82, 2.24) is 4.90 Å². The highest BCUT2D eigenvalue weighted by atomic mass is 127. The Balaban J connectivity index is 3.01. The van der Waals surface area contributed by atoms with Gasteiger partial charge in [0.1, 0.15) is 0 Å². The molecular formula is C19H28INO. The Bertz CT molecular complexity index is 479. The molecule has 2 nitrogen and oxygen atoms in total. The van der Waals surface area contributed by atoms with Crippen LogP contribution in [0, 0.1) is 9.49 Å². The molecule has 0 aliphatic rings. The van der Waals surface area contributed by atoms with Crippen LogP contribution < -0.4 is 0 Å². The molecule has 0 N–H and O–H groups in total. The van der Waals surface area contributed by atoms with Gasteiger partial charge < -0.3 is 0 Å². The van der Waals surface area contributed by atoms with Crippen molar-refractivity contribution < 1.29 is 4.79 Å². The minimum atomic E-state index is -0.0555. The smallest absolute Gasteiger partial charge is 0.152 e. The number of ketones is 1. The number of hydrogen-bond acceptors (Lipinski definition) is 2. The van der Waals surface area contributed by atoms with E-state index in [4.69, 9.17) is 0 Å². The van der Waals surface area contributed by atoms with Crippen molar-refractivity contribution in [2.24, 2.45) is 5.92 Å². The van der Waals surface area contributed by atoms with Crippen LogP contribution in [0.5, 0.6) is 0 Å². The maximum Gasteiger partial charge on any atom is 0.152 e. The molecule has 22 heavy (non-hydrogen) atoms. The molecule has 1 rings (SSSR count). The molecule has 0 fully saturated rings. The van der Waals surface area contributed by atoms with E-state index in [1.54, 1.807) is 0 Å². The summed E-state index contributed by atoms with van der Waals surface area (Å²) in [6.45, 7) is 13.0. The number of nitrogens with zero attached hydrogens (tertiary/aromatic N) is 1. The molecule has 0 unspecified atom stereocenters. The van der Waals surface area contributed by atoms with Crippen LogP contribution in [0.4, 0.5) is 0 Å². The van der Waals surface area contributed by atoms with E-state index in [9.17, 15) is 4.79 Å². The summed E-state index contributed by atoms with van der Waals surface area (Å²) in [5.74, 6) is 0.384. The fourth-order valence-electron chi connectivity index (χ4n) is 2.62. The van der Waals surface area contributed by atoms with Gasteiger partial charge in [-0.2, -0.15) is 0 Å². The molecule has 1 aromatic rings. The highest BCUT2D eigenvalue weighted by Crippen LogP contribution is 2.18. The SMILES string of the molecule is C=CCCN(C(C)C)[C@@H](Cc1ccc(I)cc1)C(=O)C(C)C. The van der Waals surface area contributed by atoms with Gasteiger partial charge in [0.05, 0.1) is 6.04 Å². The van der Waals surface area contributed by atoms with Gasteiger partial charge >= 0.3 is 0 Å². The van der Waals surface area contributed by atoms with Crippen molar-refractivity contribution in [2.45, 2.75) is 52.6 Å². The highest BCUT2D eigenvalue weighted by molar-refractivity contribution is 14.1. The van der Waals surface area contributed by atoms with Crippen LogP contribution in [0.15, 0.2) is 36.9 Å². The molecule has 1 atom stereocenters. The van der Waals surface area contributed by atoms with Crippen molar-refractivity contribution in [3.05, 3.63) is 46.1 Å². The van der Waals surface area contributed by atoms with Gasteiger partial charge in [-0.25, -0.2) is 0 Å². The largest absolute Gasteiger partial charge is 0.298 e. The lowest BCUT2D eigenvalue weighted by Crippen LogP contribution is -2.48. The average Bonchev–Trinajstić information content (AvgIpc) is 2.47. The third-order valence-electron chi connectivity index (χ3n) is 3.89.